The lowest BCUT2D eigenvalue weighted by Crippen LogP contribution is -2.15. The summed E-state index contributed by atoms with van der Waals surface area (Å²) in [6.07, 6.45) is 6.75. The van der Waals surface area contributed by atoms with Crippen molar-refractivity contribution in [3.8, 4) is 5.75 Å². The smallest absolute Gasteiger partial charge is 0.262 e. The molecular formula is C13H15Cl3O3S. The number of hydrogen-bond acceptors (Lipinski definition) is 3. The maximum absolute atomic E-state index is 11.3. The molecule has 0 spiro atoms. The first-order chi connectivity index (χ1) is 9.38. The summed E-state index contributed by atoms with van der Waals surface area (Å²) in [5.41, 5.74) is 0. The molecule has 0 atom stereocenters. The van der Waals surface area contributed by atoms with Crippen LogP contribution in [-0.2, 0) is 9.05 Å². The van der Waals surface area contributed by atoms with Crippen molar-refractivity contribution in [3.05, 3.63) is 22.2 Å². The molecule has 0 aliphatic heterocycles. The Bertz CT molecular complexity index is 579. The lowest BCUT2D eigenvalue weighted by atomic mass is 10.1. The quantitative estimate of drug-likeness (QED) is 0.563. The molecule has 0 saturated heterocycles. The molecule has 0 aromatic heterocycles. The Morgan fingerprint density at radius 2 is 1.60 bits per heavy atom. The zero-order valence-electron chi connectivity index (χ0n) is 10.7. The van der Waals surface area contributed by atoms with Crippen molar-refractivity contribution < 1.29 is 13.2 Å². The van der Waals surface area contributed by atoms with E-state index >= 15 is 0 Å². The summed E-state index contributed by atoms with van der Waals surface area (Å²) in [5.74, 6) is 0.410. The Morgan fingerprint density at radius 3 is 2.15 bits per heavy atom. The Hall–Kier alpha value is -0.160. The van der Waals surface area contributed by atoms with Gasteiger partial charge in [-0.05, 0) is 31.7 Å². The van der Waals surface area contributed by atoms with Crippen LogP contribution in [0.4, 0.5) is 0 Å². The molecule has 1 aliphatic rings. The minimum atomic E-state index is -3.91. The minimum absolute atomic E-state index is 0.0213. The SMILES string of the molecule is O=S(=O)(Cl)c1cc(Cl)c(OC2CCCCCC2)cc1Cl. The number of ether oxygens (including phenoxy) is 1. The summed E-state index contributed by atoms with van der Waals surface area (Å²) in [4.78, 5) is -0.195. The van der Waals surface area contributed by atoms with Crippen LogP contribution in [0.1, 0.15) is 38.5 Å². The van der Waals surface area contributed by atoms with E-state index in [0.717, 1.165) is 25.7 Å². The molecule has 7 heteroatoms. The molecule has 1 aromatic carbocycles. The van der Waals surface area contributed by atoms with Crippen LogP contribution in [0, 0.1) is 0 Å². The van der Waals surface area contributed by atoms with Gasteiger partial charge >= 0.3 is 0 Å². The molecule has 0 radical (unpaired) electrons. The van der Waals surface area contributed by atoms with Crippen LogP contribution in [0.3, 0.4) is 0 Å². The van der Waals surface area contributed by atoms with E-state index in [4.69, 9.17) is 38.6 Å². The number of halogens is 3. The Balaban J connectivity index is 2.22. The molecule has 0 bridgehead atoms. The van der Waals surface area contributed by atoms with Gasteiger partial charge in [0.1, 0.15) is 10.6 Å². The lowest BCUT2D eigenvalue weighted by Gasteiger charge is -2.18. The van der Waals surface area contributed by atoms with Gasteiger partial charge in [-0.25, -0.2) is 8.42 Å². The van der Waals surface area contributed by atoms with Crippen molar-refractivity contribution in [1.82, 2.24) is 0 Å². The van der Waals surface area contributed by atoms with Crippen molar-refractivity contribution >= 4 is 42.9 Å². The van der Waals surface area contributed by atoms with Gasteiger partial charge in [-0.2, -0.15) is 0 Å². The highest BCUT2D eigenvalue weighted by molar-refractivity contribution is 8.13. The highest BCUT2D eigenvalue weighted by Crippen LogP contribution is 2.36. The van der Waals surface area contributed by atoms with Crippen molar-refractivity contribution in [2.45, 2.75) is 49.5 Å². The number of benzene rings is 1. The third-order valence-corrected chi connectivity index (χ3v) is 5.43. The normalized spacial score (nSPS) is 17.8. The van der Waals surface area contributed by atoms with Crippen LogP contribution in [0.25, 0.3) is 0 Å². The van der Waals surface area contributed by atoms with Crippen molar-refractivity contribution in [2.75, 3.05) is 0 Å². The number of hydrogen-bond donors (Lipinski definition) is 0. The molecule has 0 heterocycles. The van der Waals surface area contributed by atoms with E-state index in [0.29, 0.717) is 5.75 Å². The van der Waals surface area contributed by atoms with Gasteiger partial charge in [-0.15, -0.1) is 0 Å². The van der Waals surface area contributed by atoms with Crippen LogP contribution in [0.5, 0.6) is 5.75 Å². The van der Waals surface area contributed by atoms with E-state index in [1.807, 2.05) is 0 Å². The molecule has 0 N–H and O–H groups in total. The fourth-order valence-electron chi connectivity index (χ4n) is 2.33. The van der Waals surface area contributed by atoms with Crippen LogP contribution in [0.15, 0.2) is 17.0 Å². The predicted octanol–water partition coefficient (Wildman–Crippen LogP) is 5.02. The van der Waals surface area contributed by atoms with Crippen LogP contribution in [0.2, 0.25) is 10.0 Å². The molecule has 1 fully saturated rings. The largest absolute Gasteiger partial charge is 0.489 e. The Morgan fingerprint density at radius 1 is 1.00 bits per heavy atom. The van der Waals surface area contributed by atoms with Gasteiger partial charge in [0.2, 0.25) is 0 Å². The monoisotopic (exact) mass is 356 g/mol. The van der Waals surface area contributed by atoms with Gasteiger partial charge in [-0.1, -0.05) is 36.0 Å². The van der Waals surface area contributed by atoms with Gasteiger partial charge in [0, 0.05) is 16.7 Å². The standard InChI is InChI=1S/C13H15Cl3O3S/c14-10-8-13(20(16,17)18)11(15)7-12(10)19-9-5-3-1-2-4-6-9/h7-9H,1-6H2. The molecule has 1 aliphatic carbocycles. The molecule has 1 aromatic rings. The second-order valence-electron chi connectivity index (χ2n) is 4.88. The second kappa shape index (κ2) is 6.73. The fourth-order valence-corrected chi connectivity index (χ4v) is 4.11. The third-order valence-electron chi connectivity index (χ3n) is 3.34. The van der Waals surface area contributed by atoms with Crippen molar-refractivity contribution in [1.29, 1.82) is 0 Å². The van der Waals surface area contributed by atoms with Gasteiger partial charge in [0.15, 0.2) is 0 Å². The topological polar surface area (TPSA) is 43.4 Å². The fraction of sp³-hybridized carbons (Fsp3) is 0.538. The van der Waals surface area contributed by atoms with E-state index in [1.54, 1.807) is 0 Å². The van der Waals surface area contributed by atoms with Crippen molar-refractivity contribution in [3.63, 3.8) is 0 Å². The first-order valence-electron chi connectivity index (χ1n) is 6.48. The molecule has 2 rings (SSSR count). The highest BCUT2D eigenvalue weighted by Gasteiger charge is 2.20. The van der Waals surface area contributed by atoms with Crippen LogP contribution < -0.4 is 4.74 Å². The molecule has 20 heavy (non-hydrogen) atoms. The third kappa shape index (κ3) is 4.17. The second-order valence-corrected chi connectivity index (χ2v) is 8.23. The summed E-state index contributed by atoms with van der Waals surface area (Å²) in [7, 11) is 1.38. The van der Waals surface area contributed by atoms with Gasteiger partial charge < -0.3 is 4.74 Å². The van der Waals surface area contributed by atoms with Crippen molar-refractivity contribution in [2.24, 2.45) is 0 Å². The maximum Gasteiger partial charge on any atom is 0.262 e. The van der Waals surface area contributed by atoms with E-state index < -0.39 is 9.05 Å². The Kier molecular flexibility index (Phi) is 5.46. The molecular weight excluding hydrogens is 343 g/mol. The highest BCUT2D eigenvalue weighted by atomic mass is 35.7. The molecule has 3 nitrogen and oxygen atoms in total. The first-order valence-corrected chi connectivity index (χ1v) is 9.55. The molecule has 0 amide bonds. The summed E-state index contributed by atoms with van der Waals surface area (Å²) in [5, 5.41) is 0.228. The van der Waals surface area contributed by atoms with E-state index in [9.17, 15) is 8.42 Å². The van der Waals surface area contributed by atoms with E-state index in [2.05, 4.69) is 0 Å². The summed E-state index contributed by atoms with van der Waals surface area (Å²) in [6.45, 7) is 0. The first kappa shape index (κ1) is 16.2. The Labute approximate surface area is 133 Å². The summed E-state index contributed by atoms with van der Waals surface area (Å²) in [6, 6.07) is 2.66. The minimum Gasteiger partial charge on any atom is -0.489 e. The average molecular weight is 358 g/mol. The summed E-state index contributed by atoms with van der Waals surface area (Å²) >= 11 is 12.0. The maximum atomic E-state index is 11.3. The van der Waals surface area contributed by atoms with Gasteiger partial charge in [0.25, 0.3) is 9.05 Å². The predicted molar refractivity (Wildman–Crippen MR) is 81.6 cm³/mol. The lowest BCUT2D eigenvalue weighted by molar-refractivity contribution is 0.184. The van der Waals surface area contributed by atoms with Crippen LogP contribution >= 0.6 is 33.9 Å². The van der Waals surface area contributed by atoms with Gasteiger partial charge in [0.05, 0.1) is 16.1 Å². The summed E-state index contributed by atoms with van der Waals surface area (Å²) < 4.78 is 28.5. The molecule has 1 saturated carbocycles. The zero-order valence-corrected chi connectivity index (χ0v) is 13.8. The molecule has 112 valence electrons. The molecule has 0 unspecified atom stereocenters. The van der Waals surface area contributed by atoms with E-state index in [-0.39, 0.29) is 21.0 Å². The zero-order chi connectivity index (χ0) is 14.8. The number of rotatable bonds is 3. The average Bonchev–Trinajstić information content (AvgIpc) is 2.60. The van der Waals surface area contributed by atoms with E-state index in [1.165, 1.54) is 25.0 Å². The van der Waals surface area contributed by atoms with Gasteiger partial charge in [-0.3, -0.25) is 0 Å². The van der Waals surface area contributed by atoms with Crippen LogP contribution in [-0.4, -0.2) is 14.5 Å².